The van der Waals surface area contributed by atoms with Crippen LogP contribution in [0.3, 0.4) is 0 Å². The summed E-state index contributed by atoms with van der Waals surface area (Å²) in [4.78, 5) is 33.8. The molecule has 1 fully saturated rings. The lowest BCUT2D eigenvalue weighted by atomic mass is 9.84. The maximum absolute atomic E-state index is 11.9. The van der Waals surface area contributed by atoms with Gasteiger partial charge in [0.1, 0.15) is 12.7 Å². The molecule has 10 heteroatoms. The molecule has 10 nitrogen and oxygen atoms in total. The van der Waals surface area contributed by atoms with E-state index in [9.17, 15) is 19.7 Å². The minimum atomic E-state index is -0.922. The van der Waals surface area contributed by atoms with Gasteiger partial charge in [0.15, 0.2) is 6.29 Å². The number of rotatable bonds is 9. The summed E-state index contributed by atoms with van der Waals surface area (Å²) >= 11 is 0. The van der Waals surface area contributed by atoms with E-state index in [2.05, 4.69) is 5.32 Å². The first-order valence-electron chi connectivity index (χ1n) is 8.28. The van der Waals surface area contributed by atoms with Gasteiger partial charge >= 0.3 is 6.16 Å². The molecule has 0 saturated carbocycles. The third-order valence-corrected chi connectivity index (χ3v) is 4.33. The van der Waals surface area contributed by atoms with Crippen LogP contribution in [0.15, 0.2) is 24.3 Å². The Hall–Kier alpha value is -2.72. The van der Waals surface area contributed by atoms with Gasteiger partial charge in [-0.2, -0.15) is 0 Å². The fourth-order valence-electron chi connectivity index (χ4n) is 2.81. The topological polar surface area (TPSA) is 126 Å². The van der Waals surface area contributed by atoms with Crippen LogP contribution in [-0.4, -0.2) is 49.6 Å². The number of amides is 1. The van der Waals surface area contributed by atoms with Crippen molar-refractivity contribution in [1.29, 1.82) is 0 Å². The van der Waals surface area contributed by atoms with Crippen molar-refractivity contribution in [2.45, 2.75) is 38.4 Å². The summed E-state index contributed by atoms with van der Waals surface area (Å²) in [6, 6.07) is 5.37. The lowest BCUT2D eigenvalue weighted by Gasteiger charge is -2.40. The minimum absolute atomic E-state index is 0.0533. The van der Waals surface area contributed by atoms with Crippen molar-refractivity contribution in [2.24, 2.45) is 5.92 Å². The number of benzene rings is 1. The molecule has 1 aromatic carbocycles. The Kier molecular flexibility index (Phi) is 7.08. The maximum atomic E-state index is 11.9. The van der Waals surface area contributed by atoms with Crippen molar-refractivity contribution in [2.75, 3.05) is 14.2 Å². The zero-order valence-corrected chi connectivity index (χ0v) is 15.2. The van der Waals surface area contributed by atoms with Crippen LogP contribution in [0.2, 0.25) is 0 Å². The monoisotopic (exact) mass is 382 g/mol. The second-order valence-corrected chi connectivity index (χ2v) is 6.06. The number of hydrogen-bond donors (Lipinski definition) is 1. The average Bonchev–Trinajstić information content (AvgIpc) is 2.63. The van der Waals surface area contributed by atoms with Crippen molar-refractivity contribution in [3.05, 3.63) is 39.9 Å². The number of hydrogen-bond acceptors (Lipinski definition) is 8. The standard InChI is InChI=1S/C17H22N2O8/c1-10(15-13(18-16(15)20)8-14(24-2)25-3)27-17(21)26-9-11-4-6-12(7-5-11)19(22)23/h4-7,10,13-15H,8-9H2,1-3H3,(H,18,20)/t10-,13+,15+/m0/s1. The van der Waals surface area contributed by atoms with Crippen molar-refractivity contribution >= 4 is 17.7 Å². The molecule has 0 spiro atoms. The van der Waals surface area contributed by atoms with E-state index < -0.39 is 29.4 Å². The van der Waals surface area contributed by atoms with Crippen molar-refractivity contribution < 1.29 is 33.5 Å². The van der Waals surface area contributed by atoms with Crippen molar-refractivity contribution in [3.8, 4) is 0 Å². The quantitative estimate of drug-likeness (QED) is 0.225. The highest BCUT2D eigenvalue weighted by Gasteiger charge is 2.45. The molecule has 1 saturated heterocycles. The summed E-state index contributed by atoms with van der Waals surface area (Å²) in [5, 5.41) is 13.3. The predicted octanol–water partition coefficient (Wildman–Crippen LogP) is 1.76. The summed E-state index contributed by atoms with van der Waals surface area (Å²) in [5.41, 5.74) is 0.523. The smallest absolute Gasteiger partial charge is 0.430 e. The van der Waals surface area contributed by atoms with Crippen molar-refractivity contribution in [3.63, 3.8) is 0 Å². The van der Waals surface area contributed by atoms with Crippen LogP contribution in [0.25, 0.3) is 0 Å². The van der Waals surface area contributed by atoms with Crippen LogP contribution in [0.4, 0.5) is 10.5 Å². The normalized spacial score (nSPS) is 19.8. The first-order valence-corrected chi connectivity index (χ1v) is 8.28. The first-order chi connectivity index (χ1) is 12.8. The van der Waals surface area contributed by atoms with Crippen molar-refractivity contribution in [1.82, 2.24) is 5.32 Å². The predicted molar refractivity (Wildman–Crippen MR) is 91.7 cm³/mol. The summed E-state index contributed by atoms with van der Waals surface area (Å²) in [6.45, 7) is 1.51. The summed E-state index contributed by atoms with van der Waals surface area (Å²) in [6.07, 6.45) is -1.66. The Morgan fingerprint density at radius 2 is 1.89 bits per heavy atom. The lowest BCUT2D eigenvalue weighted by Crippen LogP contribution is -2.63. The van der Waals surface area contributed by atoms with Gasteiger partial charge in [-0.3, -0.25) is 14.9 Å². The third-order valence-electron chi connectivity index (χ3n) is 4.33. The molecule has 148 valence electrons. The van der Waals surface area contributed by atoms with Gasteiger partial charge in [0, 0.05) is 38.8 Å². The molecule has 1 aromatic rings. The van der Waals surface area contributed by atoms with E-state index in [4.69, 9.17) is 18.9 Å². The van der Waals surface area contributed by atoms with E-state index in [0.717, 1.165) is 0 Å². The number of methoxy groups -OCH3 is 2. The van der Waals surface area contributed by atoms with Gasteiger partial charge in [0.2, 0.25) is 5.91 Å². The number of carbonyl (C=O) groups is 2. The number of non-ortho nitro benzene ring substituents is 1. The van der Waals surface area contributed by atoms with E-state index in [1.54, 1.807) is 6.92 Å². The number of ether oxygens (including phenoxy) is 4. The molecule has 0 aromatic heterocycles. The minimum Gasteiger partial charge on any atom is -0.430 e. The zero-order valence-electron chi connectivity index (χ0n) is 15.2. The van der Waals surface area contributed by atoms with Crippen LogP contribution < -0.4 is 5.32 Å². The summed E-state index contributed by atoms with van der Waals surface area (Å²) in [5.74, 6) is -0.744. The SMILES string of the molecule is COC(C[C@H]1NC(=O)[C@@H]1[C@H](C)OC(=O)OCc1ccc([N+](=O)[O-])cc1)OC. The molecule has 1 aliphatic rings. The van der Waals surface area contributed by atoms with Crippen LogP contribution >= 0.6 is 0 Å². The number of nitrogens with one attached hydrogen (secondary N) is 1. The molecule has 1 N–H and O–H groups in total. The highest BCUT2D eigenvalue weighted by atomic mass is 16.7. The van der Waals surface area contributed by atoms with Crippen LogP contribution in [0, 0.1) is 16.0 Å². The molecule has 3 atom stereocenters. The molecule has 2 rings (SSSR count). The Balaban J connectivity index is 1.81. The van der Waals surface area contributed by atoms with E-state index in [1.807, 2.05) is 0 Å². The van der Waals surface area contributed by atoms with Gasteiger partial charge in [-0.25, -0.2) is 4.79 Å². The molecular formula is C17H22N2O8. The number of nitrogens with zero attached hydrogens (tertiary/aromatic N) is 1. The van der Waals surface area contributed by atoms with Gasteiger partial charge in [0.05, 0.1) is 10.8 Å². The largest absolute Gasteiger partial charge is 0.508 e. The Morgan fingerprint density at radius 1 is 1.26 bits per heavy atom. The molecule has 1 amide bonds. The van der Waals surface area contributed by atoms with Gasteiger partial charge in [-0.1, -0.05) is 0 Å². The maximum Gasteiger partial charge on any atom is 0.508 e. The Labute approximate surface area is 155 Å². The molecule has 0 unspecified atom stereocenters. The van der Waals surface area contributed by atoms with Gasteiger partial charge in [-0.15, -0.1) is 0 Å². The summed E-state index contributed by atoms with van der Waals surface area (Å²) in [7, 11) is 3.00. The number of β-lactam (4-membered cyclic amide) rings is 1. The van der Waals surface area contributed by atoms with Gasteiger partial charge in [0.25, 0.3) is 5.69 Å². The number of carbonyl (C=O) groups excluding carboxylic acids is 2. The van der Waals surface area contributed by atoms with Crippen LogP contribution in [0.1, 0.15) is 18.9 Å². The number of nitro benzene ring substituents is 1. The fourth-order valence-corrected chi connectivity index (χ4v) is 2.81. The van der Waals surface area contributed by atoms with E-state index >= 15 is 0 Å². The second-order valence-electron chi connectivity index (χ2n) is 6.06. The zero-order chi connectivity index (χ0) is 20.0. The molecule has 0 radical (unpaired) electrons. The van der Waals surface area contributed by atoms with Gasteiger partial charge in [-0.05, 0) is 24.6 Å². The molecule has 0 aliphatic carbocycles. The summed E-state index contributed by atoms with van der Waals surface area (Å²) < 4.78 is 20.4. The molecule has 0 bridgehead atoms. The van der Waals surface area contributed by atoms with Crippen LogP contribution in [-0.2, 0) is 30.3 Å². The highest BCUT2D eigenvalue weighted by Crippen LogP contribution is 2.26. The second kappa shape index (κ2) is 9.28. The molecule has 27 heavy (non-hydrogen) atoms. The van der Waals surface area contributed by atoms with Gasteiger partial charge < -0.3 is 24.3 Å². The molecule has 1 aliphatic heterocycles. The first kappa shape index (κ1) is 20.6. The van der Waals surface area contributed by atoms with Crippen LogP contribution in [0.5, 0.6) is 0 Å². The number of nitro groups is 1. The Bertz CT molecular complexity index is 674. The fraction of sp³-hybridized carbons (Fsp3) is 0.529. The molecular weight excluding hydrogens is 360 g/mol. The van der Waals surface area contributed by atoms with E-state index in [0.29, 0.717) is 12.0 Å². The van der Waals surface area contributed by atoms with E-state index in [1.165, 1.54) is 38.5 Å². The third kappa shape index (κ3) is 5.38. The highest BCUT2D eigenvalue weighted by molar-refractivity contribution is 5.86. The molecule has 1 heterocycles. The van der Waals surface area contributed by atoms with E-state index in [-0.39, 0.29) is 24.2 Å². The Morgan fingerprint density at radius 3 is 2.41 bits per heavy atom. The average molecular weight is 382 g/mol. The lowest BCUT2D eigenvalue weighted by molar-refractivity contribution is -0.384.